The molecule has 1 amide bonds. The molecule has 0 aliphatic heterocycles. The van der Waals surface area contributed by atoms with Crippen LogP contribution in [0.25, 0.3) is 0 Å². The van der Waals surface area contributed by atoms with E-state index in [-0.39, 0.29) is 5.91 Å². The molecule has 0 atom stereocenters. The summed E-state index contributed by atoms with van der Waals surface area (Å²) < 4.78 is 0.759. The van der Waals surface area contributed by atoms with Gasteiger partial charge in [0.2, 0.25) is 0 Å². The molecule has 0 aliphatic carbocycles. The molecule has 1 heterocycles. The molecule has 1 aromatic carbocycles. The molecule has 19 heavy (non-hydrogen) atoms. The molecular formula is C14H12BrClN2O. The Morgan fingerprint density at radius 1 is 1.26 bits per heavy atom. The van der Waals surface area contributed by atoms with Crippen molar-refractivity contribution in [3.05, 3.63) is 56.6 Å². The van der Waals surface area contributed by atoms with Gasteiger partial charge in [-0.1, -0.05) is 11.6 Å². The molecule has 0 spiro atoms. The van der Waals surface area contributed by atoms with Crippen molar-refractivity contribution in [2.75, 3.05) is 5.32 Å². The Kier molecular flexibility index (Phi) is 4.22. The number of carbonyl (C=O) groups excluding carboxylic acids is 1. The van der Waals surface area contributed by atoms with Crippen molar-refractivity contribution >= 4 is 39.3 Å². The summed E-state index contributed by atoms with van der Waals surface area (Å²) >= 11 is 9.26. The van der Waals surface area contributed by atoms with Crippen LogP contribution >= 0.6 is 27.5 Å². The van der Waals surface area contributed by atoms with Gasteiger partial charge in [0.1, 0.15) is 5.82 Å². The maximum Gasteiger partial charge on any atom is 0.256 e. The van der Waals surface area contributed by atoms with Gasteiger partial charge < -0.3 is 5.32 Å². The average Bonchev–Trinajstić information content (AvgIpc) is 2.31. The summed E-state index contributed by atoms with van der Waals surface area (Å²) in [7, 11) is 0. The van der Waals surface area contributed by atoms with Crippen LogP contribution in [0.5, 0.6) is 0 Å². The number of pyridine rings is 1. The number of amides is 1. The second kappa shape index (κ2) is 5.72. The lowest BCUT2D eigenvalue weighted by Crippen LogP contribution is -2.13. The lowest BCUT2D eigenvalue weighted by atomic mass is 10.2. The summed E-state index contributed by atoms with van der Waals surface area (Å²) in [4.78, 5) is 16.3. The summed E-state index contributed by atoms with van der Waals surface area (Å²) in [6.45, 7) is 3.85. The Morgan fingerprint density at radius 3 is 2.63 bits per heavy atom. The molecule has 0 bridgehead atoms. The van der Waals surface area contributed by atoms with E-state index in [1.165, 1.54) is 0 Å². The number of hydrogen-bond donors (Lipinski definition) is 1. The van der Waals surface area contributed by atoms with Crippen LogP contribution in [0.1, 0.15) is 21.6 Å². The predicted octanol–water partition coefficient (Wildman–Crippen LogP) is 4.37. The third-order valence-electron chi connectivity index (χ3n) is 2.52. The molecule has 1 N–H and O–H groups in total. The smallest absolute Gasteiger partial charge is 0.256 e. The molecule has 0 saturated carbocycles. The summed E-state index contributed by atoms with van der Waals surface area (Å²) in [5.74, 6) is 0.313. The molecule has 2 rings (SSSR count). The molecule has 5 heteroatoms. The standard InChI is InChI=1S/C14H12BrClN2O/c1-8-5-9(2)17-13(6-8)18-14(19)10-3-4-11(15)12(16)7-10/h3-7H,1-2H3,(H,17,18,19). The van der Waals surface area contributed by atoms with E-state index in [9.17, 15) is 4.79 Å². The van der Waals surface area contributed by atoms with E-state index in [2.05, 4.69) is 26.2 Å². The Balaban J connectivity index is 2.22. The molecule has 0 fully saturated rings. The van der Waals surface area contributed by atoms with Gasteiger partial charge in [-0.2, -0.15) is 0 Å². The number of anilines is 1. The van der Waals surface area contributed by atoms with E-state index in [0.717, 1.165) is 15.7 Å². The summed E-state index contributed by atoms with van der Waals surface area (Å²) in [5.41, 5.74) is 2.41. The monoisotopic (exact) mass is 338 g/mol. The fourth-order valence-electron chi connectivity index (χ4n) is 1.73. The Labute approximate surface area is 125 Å². The van der Waals surface area contributed by atoms with Gasteiger partial charge in [-0.15, -0.1) is 0 Å². The molecule has 0 saturated heterocycles. The number of rotatable bonds is 2. The van der Waals surface area contributed by atoms with E-state index in [4.69, 9.17) is 11.6 Å². The number of carbonyl (C=O) groups is 1. The predicted molar refractivity (Wildman–Crippen MR) is 80.8 cm³/mol. The van der Waals surface area contributed by atoms with Crippen LogP contribution in [0.4, 0.5) is 5.82 Å². The highest BCUT2D eigenvalue weighted by molar-refractivity contribution is 9.10. The number of benzene rings is 1. The number of nitrogens with zero attached hydrogens (tertiary/aromatic N) is 1. The van der Waals surface area contributed by atoms with E-state index >= 15 is 0 Å². The highest BCUT2D eigenvalue weighted by atomic mass is 79.9. The van der Waals surface area contributed by atoms with Gasteiger partial charge in [-0.05, 0) is 65.7 Å². The molecule has 98 valence electrons. The van der Waals surface area contributed by atoms with Crippen LogP contribution in [-0.2, 0) is 0 Å². The molecule has 2 aromatic rings. The SMILES string of the molecule is Cc1cc(C)nc(NC(=O)c2ccc(Br)c(Cl)c2)c1. The molecule has 1 aromatic heterocycles. The van der Waals surface area contributed by atoms with Crippen molar-refractivity contribution < 1.29 is 4.79 Å². The van der Waals surface area contributed by atoms with Crippen molar-refractivity contribution in [3.63, 3.8) is 0 Å². The lowest BCUT2D eigenvalue weighted by molar-refractivity contribution is 0.102. The fourth-order valence-corrected chi connectivity index (χ4v) is 2.16. The first kappa shape index (κ1) is 14.0. The second-order valence-electron chi connectivity index (χ2n) is 4.25. The van der Waals surface area contributed by atoms with Crippen molar-refractivity contribution in [1.29, 1.82) is 0 Å². The zero-order valence-corrected chi connectivity index (χ0v) is 12.8. The zero-order chi connectivity index (χ0) is 14.0. The maximum absolute atomic E-state index is 12.1. The topological polar surface area (TPSA) is 42.0 Å². The first-order chi connectivity index (χ1) is 8.95. The van der Waals surface area contributed by atoms with Crippen LogP contribution in [0.3, 0.4) is 0 Å². The average molecular weight is 340 g/mol. The maximum atomic E-state index is 12.1. The van der Waals surface area contributed by atoms with Gasteiger partial charge in [-0.3, -0.25) is 4.79 Å². The highest BCUT2D eigenvalue weighted by Crippen LogP contribution is 2.23. The van der Waals surface area contributed by atoms with Gasteiger partial charge >= 0.3 is 0 Å². The minimum atomic E-state index is -0.230. The molecular weight excluding hydrogens is 328 g/mol. The van der Waals surface area contributed by atoms with Crippen molar-refractivity contribution in [2.24, 2.45) is 0 Å². The van der Waals surface area contributed by atoms with Crippen LogP contribution in [-0.4, -0.2) is 10.9 Å². The van der Waals surface area contributed by atoms with Gasteiger partial charge in [0, 0.05) is 15.7 Å². The van der Waals surface area contributed by atoms with Crippen LogP contribution in [0.15, 0.2) is 34.8 Å². The van der Waals surface area contributed by atoms with E-state index in [0.29, 0.717) is 16.4 Å². The van der Waals surface area contributed by atoms with Crippen molar-refractivity contribution in [3.8, 4) is 0 Å². The Hall–Kier alpha value is -1.39. The number of aryl methyl sites for hydroxylation is 2. The number of aromatic nitrogens is 1. The zero-order valence-electron chi connectivity index (χ0n) is 10.5. The quantitative estimate of drug-likeness (QED) is 0.883. The molecule has 0 radical (unpaired) electrons. The summed E-state index contributed by atoms with van der Waals surface area (Å²) in [5, 5.41) is 3.26. The van der Waals surface area contributed by atoms with Gasteiger partial charge in [0.05, 0.1) is 5.02 Å². The first-order valence-electron chi connectivity index (χ1n) is 5.67. The van der Waals surface area contributed by atoms with E-state index in [1.54, 1.807) is 18.2 Å². The fraction of sp³-hybridized carbons (Fsp3) is 0.143. The number of nitrogens with one attached hydrogen (secondary N) is 1. The van der Waals surface area contributed by atoms with Crippen molar-refractivity contribution in [1.82, 2.24) is 4.98 Å². The first-order valence-corrected chi connectivity index (χ1v) is 6.84. The van der Waals surface area contributed by atoms with E-state index in [1.807, 2.05) is 26.0 Å². The van der Waals surface area contributed by atoms with Crippen LogP contribution in [0.2, 0.25) is 5.02 Å². The lowest BCUT2D eigenvalue weighted by Gasteiger charge is -2.07. The number of hydrogen-bond acceptors (Lipinski definition) is 2. The highest BCUT2D eigenvalue weighted by Gasteiger charge is 2.09. The Morgan fingerprint density at radius 2 is 2.00 bits per heavy atom. The van der Waals surface area contributed by atoms with Gasteiger partial charge in [-0.25, -0.2) is 4.98 Å². The van der Waals surface area contributed by atoms with Crippen LogP contribution in [0, 0.1) is 13.8 Å². The number of halogens is 2. The van der Waals surface area contributed by atoms with Gasteiger partial charge in [0.25, 0.3) is 5.91 Å². The summed E-state index contributed by atoms with van der Waals surface area (Å²) in [6.07, 6.45) is 0. The van der Waals surface area contributed by atoms with Gasteiger partial charge in [0.15, 0.2) is 0 Å². The molecule has 0 unspecified atom stereocenters. The van der Waals surface area contributed by atoms with Crippen molar-refractivity contribution in [2.45, 2.75) is 13.8 Å². The van der Waals surface area contributed by atoms with Crippen LogP contribution < -0.4 is 5.32 Å². The second-order valence-corrected chi connectivity index (χ2v) is 5.52. The molecule has 3 nitrogen and oxygen atoms in total. The third-order valence-corrected chi connectivity index (χ3v) is 3.75. The normalized spacial score (nSPS) is 10.3. The third kappa shape index (κ3) is 3.55. The largest absolute Gasteiger partial charge is 0.307 e. The minimum absolute atomic E-state index is 0.230. The Bertz CT molecular complexity index is 623. The van der Waals surface area contributed by atoms with E-state index < -0.39 is 0 Å². The minimum Gasteiger partial charge on any atom is -0.307 e. The summed E-state index contributed by atoms with van der Waals surface area (Å²) in [6, 6.07) is 8.83. The molecule has 0 aliphatic rings.